The molecule has 0 aromatic heterocycles. The minimum Gasteiger partial charge on any atom is -0.481 e. The molecule has 0 aliphatic heterocycles. The van der Waals surface area contributed by atoms with Crippen LogP contribution in [0.5, 0.6) is 0 Å². The lowest BCUT2D eigenvalue weighted by Gasteiger charge is -2.44. The Bertz CT molecular complexity index is 1020. The van der Waals surface area contributed by atoms with Gasteiger partial charge in [0.25, 0.3) is 0 Å². The van der Waals surface area contributed by atoms with Gasteiger partial charge in [0.05, 0.1) is 23.5 Å². The summed E-state index contributed by atoms with van der Waals surface area (Å²) in [5.41, 5.74) is 11.2. The van der Waals surface area contributed by atoms with Crippen LogP contribution in [0.3, 0.4) is 0 Å². The van der Waals surface area contributed by atoms with Gasteiger partial charge in [0.1, 0.15) is 11.9 Å². The number of carboxylic acid groups (broad SMARTS) is 1. The van der Waals surface area contributed by atoms with E-state index in [-0.39, 0.29) is 79.7 Å². The van der Waals surface area contributed by atoms with Crippen molar-refractivity contribution < 1.29 is 34.4 Å². The zero-order chi connectivity index (χ0) is 31.6. The number of carboxylic acids is 1. The number of esters is 1. The number of carbonyl (C=O) groups is 3. The average Bonchev–Trinajstić information content (AvgIpc) is 2.89. The number of fused-ring (bicyclic) bond motifs is 1. The highest BCUT2D eigenvalue weighted by atomic mass is 16.5. The van der Waals surface area contributed by atoms with E-state index >= 15 is 0 Å². The molecule has 0 radical (unpaired) electrons. The molecule has 10 heteroatoms. The zero-order valence-corrected chi connectivity index (χ0v) is 26.0. The molecular weight excluding hydrogens is 538 g/mol. The number of nitrogens with zero attached hydrogens (tertiary/aromatic N) is 1. The fourth-order valence-corrected chi connectivity index (χ4v) is 6.04. The fourth-order valence-electron chi connectivity index (χ4n) is 6.04. The maximum Gasteiger partial charge on any atom is 0.311 e. The van der Waals surface area contributed by atoms with E-state index in [1.807, 2.05) is 20.8 Å². The Hall–Kier alpha value is -2.72. The highest BCUT2D eigenvalue weighted by Gasteiger charge is 2.43. The summed E-state index contributed by atoms with van der Waals surface area (Å²) >= 11 is 0. The number of hydrogen-bond acceptors (Lipinski definition) is 7. The number of aliphatic carboxylic acids is 1. The van der Waals surface area contributed by atoms with Gasteiger partial charge in [-0.2, -0.15) is 0 Å². The van der Waals surface area contributed by atoms with Crippen LogP contribution in [0.2, 0.25) is 0 Å². The molecule has 0 heterocycles. The molecule has 0 aromatic carbocycles. The quantitative estimate of drug-likeness (QED) is 0.0727. The number of ether oxygens (including phenoxy) is 1. The van der Waals surface area contributed by atoms with Crippen LogP contribution >= 0.6 is 0 Å². The summed E-state index contributed by atoms with van der Waals surface area (Å²) in [4.78, 5) is 40.9. The van der Waals surface area contributed by atoms with E-state index in [2.05, 4.69) is 37.1 Å². The molecule has 0 amide bonds. The van der Waals surface area contributed by atoms with Crippen LogP contribution < -0.4 is 11.5 Å². The van der Waals surface area contributed by atoms with Crippen LogP contribution in [0.4, 0.5) is 0 Å². The van der Waals surface area contributed by atoms with Crippen LogP contribution in [-0.4, -0.2) is 63.9 Å². The van der Waals surface area contributed by atoms with Crippen molar-refractivity contribution in [1.82, 2.24) is 0 Å². The Labute approximate surface area is 250 Å². The third kappa shape index (κ3) is 10.8. The second-order valence-electron chi connectivity index (χ2n) is 13.0. The van der Waals surface area contributed by atoms with Gasteiger partial charge in [-0.15, -0.1) is 0 Å². The number of nitrogens with two attached hydrogens (primary N) is 2. The standard InChI is InChI=1S/C32H53N3O7/c1-6-32(4,5)30(41)42-27-15-19(2)14-21-10-9-20(3)26(28(21)27)12-11-23(36)17-25(38)18-24(37)16-22(29(39)40)8-7-13-35-31(33)34/h9-10,14,19-20,22-23,25-28,36,38H,6-8,11-13,15-18H2,1-5H3,(H,39,40)(H4,33,34,35)/t19-,20-,22+,23+,25+,26-,27-,28-/m0/s1. The molecule has 10 nitrogen and oxygen atoms in total. The van der Waals surface area contributed by atoms with Crippen LogP contribution in [0, 0.1) is 35.0 Å². The van der Waals surface area contributed by atoms with Gasteiger partial charge in [-0.3, -0.25) is 19.4 Å². The van der Waals surface area contributed by atoms with Gasteiger partial charge < -0.3 is 31.5 Å². The van der Waals surface area contributed by atoms with Gasteiger partial charge in [0, 0.05) is 25.3 Å². The van der Waals surface area contributed by atoms with Crippen molar-refractivity contribution in [2.75, 3.05) is 6.54 Å². The van der Waals surface area contributed by atoms with Gasteiger partial charge >= 0.3 is 11.9 Å². The summed E-state index contributed by atoms with van der Waals surface area (Å²) in [7, 11) is 0. The summed E-state index contributed by atoms with van der Waals surface area (Å²) < 4.78 is 6.16. The largest absolute Gasteiger partial charge is 0.481 e. The van der Waals surface area contributed by atoms with Gasteiger partial charge in [-0.1, -0.05) is 39.0 Å². The van der Waals surface area contributed by atoms with E-state index in [1.165, 1.54) is 5.57 Å². The summed E-state index contributed by atoms with van der Waals surface area (Å²) in [6.07, 6.45) is 7.28. The molecule has 238 valence electrons. The monoisotopic (exact) mass is 591 g/mol. The number of carbonyl (C=O) groups excluding carboxylic acids is 2. The summed E-state index contributed by atoms with van der Waals surface area (Å²) in [5, 5.41) is 30.8. The first kappa shape index (κ1) is 35.5. The summed E-state index contributed by atoms with van der Waals surface area (Å²) in [5.74, 6) is -1.87. The first-order chi connectivity index (χ1) is 19.6. The molecule has 0 aromatic rings. The third-order valence-corrected chi connectivity index (χ3v) is 8.96. The van der Waals surface area contributed by atoms with Crippen LogP contribution in [-0.2, 0) is 19.1 Å². The summed E-state index contributed by atoms with van der Waals surface area (Å²) in [6.45, 7) is 10.3. The molecule has 2 aliphatic rings. The van der Waals surface area contributed by atoms with Crippen LogP contribution in [0.15, 0.2) is 28.8 Å². The third-order valence-electron chi connectivity index (χ3n) is 8.96. The molecule has 42 heavy (non-hydrogen) atoms. The Kier molecular flexibility index (Phi) is 13.7. The highest BCUT2D eigenvalue weighted by Crippen LogP contribution is 2.45. The lowest BCUT2D eigenvalue weighted by molar-refractivity contribution is -0.164. The second kappa shape index (κ2) is 16.2. The van der Waals surface area contributed by atoms with Gasteiger partial charge in [0.2, 0.25) is 0 Å². The number of allylic oxidation sites excluding steroid dienone is 3. The van der Waals surface area contributed by atoms with Gasteiger partial charge in [-0.05, 0) is 82.1 Å². The Morgan fingerprint density at radius 3 is 2.43 bits per heavy atom. The number of rotatable bonds is 17. The number of hydrogen-bond donors (Lipinski definition) is 5. The molecule has 0 spiro atoms. The molecule has 0 saturated heterocycles. The normalized spacial score (nSPS) is 25.9. The highest BCUT2D eigenvalue weighted by molar-refractivity contribution is 5.84. The number of guanidine groups is 1. The van der Waals surface area contributed by atoms with E-state index in [1.54, 1.807) is 0 Å². The fraction of sp³-hybridized carbons (Fsp3) is 0.750. The predicted molar refractivity (Wildman–Crippen MR) is 162 cm³/mol. The maximum atomic E-state index is 13.0. The van der Waals surface area contributed by atoms with E-state index in [0.29, 0.717) is 25.7 Å². The number of aliphatic hydroxyl groups excluding tert-OH is 2. The first-order valence-corrected chi connectivity index (χ1v) is 15.4. The molecule has 0 saturated carbocycles. The molecule has 2 aliphatic carbocycles. The molecular formula is C32H53N3O7. The van der Waals surface area contributed by atoms with Crippen molar-refractivity contribution in [3.05, 3.63) is 23.8 Å². The van der Waals surface area contributed by atoms with Crippen molar-refractivity contribution in [1.29, 1.82) is 0 Å². The maximum absolute atomic E-state index is 13.0. The van der Waals surface area contributed by atoms with Crippen molar-refractivity contribution in [2.24, 2.45) is 51.5 Å². The second-order valence-corrected chi connectivity index (χ2v) is 13.0. The molecule has 0 unspecified atom stereocenters. The van der Waals surface area contributed by atoms with Gasteiger partial charge in [-0.25, -0.2) is 0 Å². The first-order valence-electron chi connectivity index (χ1n) is 15.4. The smallest absolute Gasteiger partial charge is 0.311 e. The Balaban J connectivity index is 1.95. The van der Waals surface area contributed by atoms with E-state index < -0.39 is 29.5 Å². The SMILES string of the molecule is CCC(C)(C)C(=O)O[C@H]1C[C@@H](C)C=C2C=C[C@H](C)[C@H](CC[C@@H](O)C[C@@H](O)CC(=O)C[C@@H](CCCN=C(N)N)C(=O)O)[C@H]21. The van der Waals surface area contributed by atoms with Crippen molar-refractivity contribution >= 4 is 23.7 Å². The lowest BCUT2D eigenvalue weighted by Crippen LogP contribution is -2.43. The molecule has 8 atom stereocenters. The van der Waals surface area contributed by atoms with Crippen molar-refractivity contribution in [3.63, 3.8) is 0 Å². The minimum absolute atomic E-state index is 0.0262. The Morgan fingerprint density at radius 1 is 1.12 bits per heavy atom. The molecule has 0 fully saturated rings. The van der Waals surface area contributed by atoms with Gasteiger partial charge in [0.15, 0.2) is 5.96 Å². The molecule has 0 bridgehead atoms. The molecule has 2 rings (SSSR count). The number of Topliss-reactive ketones (excluding diaryl/α,β-unsaturated/α-hetero) is 1. The van der Waals surface area contributed by atoms with E-state index in [4.69, 9.17) is 16.2 Å². The molecule has 7 N–H and O–H groups in total. The Morgan fingerprint density at radius 2 is 1.81 bits per heavy atom. The predicted octanol–water partition coefficient (Wildman–Crippen LogP) is 3.73. The topological polar surface area (TPSA) is 186 Å². The minimum atomic E-state index is -1.08. The van der Waals surface area contributed by atoms with Crippen LogP contribution in [0.1, 0.15) is 92.4 Å². The van der Waals surface area contributed by atoms with E-state index in [0.717, 1.165) is 6.42 Å². The number of aliphatic imine (C=N–C) groups is 1. The zero-order valence-electron chi connectivity index (χ0n) is 26.0. The summed E-state index contributed by atoms with van der Waals surface area (Å²) in [6, 6.07) is 0. The number of ketones is 1. The van der Waals surface area contributed by atoms with Crippen LogP contribution in [0.25, 0.3) is 0 Å². The van der Waals surface area contributed by atoms with Crippen molar-refractivity contribution in [2.45, 2.75) is 111 Å². The van der Waals surface area contributed by atoms with E-state index in [9.17, 15) is 29.7 Å². The van der Waals surface area contributed by atoms with Crippen molar-refractivity contribution in [3.8, 4) is 0 Å². The lowest BCUT2D eigenvalue weighted by atomic mass is 9.65. The number of aliphatic hydroxyl groups is 2. The average molecular weight is 592 g/mol.